The van der Waals surface area contributed by atoms with Crippen LogP contribution in [0.4, 0.5) is 0 Å². The van der Waals surface area contributed by atoms with E-state index in [1.165, 1.54) is 17.4 Å². The highest BCUT2D eigenvalue weighted by atomic mass is 32.1. The second-order valence-electron chi connectivity index (χ2n) is 5.26. The fraction of sp³-hybridized carbons (Fsp3) is 0.111. The average molecular weight is 351 g/mol. The second-order valence-corrected chi connectivity index (χ2v) is 5.62. The van der Waals surface area contributed by atoms with Crippen LogP contribution >= 0.6 is 12.2 Å². The van der Waals surface area contributed by atoms with Gasteiger partial charge in [0.05, 0.1) is 6.26 Å². The molecule has 1 aliphatic rings. The molecule has 2 aromatic rings. The average Bonchev–Trinajstić information content (AvgIpc) is 3.30. The van der Waals surface area contributed by atoms with Gasteiger partial charge in [-0.05, 0) is 24.4 Å². The van der Waals surface area contributed by atoms with Gasteiger partial charge >= 0.3 is 0 Å². The van der Waals surface area contributed by atoms with Crippen molar-refractivity contribution >= 4 is 29.0 Å². The number of Topliss-reactive ketones (excluding diaryl/α,β-unsaturated/α-hetero) is 1. The van der Waals surface area contributed by atoms with Crippen LogP contribution in [-0.2, 0) is 0 Å². The number of rotatable bonds is 4. The van der Waals surface area contributed by atoms with Crippen LogP contribution in [0, 0.1) is 11.3 Å². The highest BCUT2D eigenvalue weighted by Crippen LogP contribution is 2.17. The van der Waals surface area contributed by atoms with Gasteiger partial charge in [0.15, 0.2) is 10.9 Å². The maximum absolute atomic E-state index is 12.4. The molecule has 3 rings (SSSR count). The summed E-state index contributed by atoms with van der Waals surface area (Å²) in [7, 11) is 0. The summed E-state index contributed by atoms with van der Waals surface area (Å²) in [5, 5.41) is 9.56. The molecule has 1 saturated heterocycles. The summed E-state index contributed by atoms with van der Waals surface area (Å²) in [5.41, 5.74) is 0.379. The Bertz CT molecular complexity index is 882. The SMILES string of the molecule is N#C/C(=C/N1CCN(C(=O)c2ccco2)C1=S)C(=O)c1ccccc1. The lowest BCUT2D eigenvalue weighted by Crippen LogP contribution is -2.34. The fourth-order valence-electron chi connectivity index (χ4n) is 2.43. The molecular formula is C18H13N3O3S. The molecule has 1 aromatic carbocycles. The Kier molecular flexibility index (Phi) is 4.73. The number of carbonyl (C=O) groups excluding carboxylic acids is 2. The van der Waals surface area contributed by atoms with Crippen LogP contribution in [0.2, 0.25) is 0 Å². The molecule has 1 fully saturated rings. The van der Waals surface area contributed by atoms with E-state index in [1.54, 1.807) is 47.4 Å². The molecule has 0 N–H and O–H groups in total. The Morgan fingerprint density at radius 1 is 1.16 bits per heavy atom. The van der Waals surface area contributed by atoms with Crippen molar-refractivity contribution in [2.24, 2.45) is 0 Å². The van der Waals surface area contributed by atoms with Crippen molar-refractivity contribution in [3.05, 3.63) is 71.8 Å². The molecule has 1 aromatic heterocycles. The normalized spacial score (nSPS) is 14.5. The van der Waals surface area contributed by atoms with E-state index in [0.29, 0.717) is 18.7 Å². The summed E-state index contributed by atoms with van der Waals surface area (Å²) < 4.78 is 5.10. The van der Waals surface area contributed by atoms with Gasteiger partial charge < -0.3 is 9.32 Å². The van der Waals surface area contributed by atoms with Gasteiger partial charge in [0.25, 0.3) is 5.91 Å². The summed E-state index contributed by atoms with van der Waals surface area (Å²) in [6.07, 6.45) is 2.81. The van der Waals surface area contributed by atoms with Crippen molar-refractivity contribution in [2.45, 2.75) is 0 Å². The Morgan fingerprint density at radius 2 is 1.92 bits per heavy atom. The van der Waals surface area contributed by atoms with Crippen LogP contribution in [0.1, 0.15) is 20.9 Å². The highest BCUT2D eigenvalue weighted by molar-refractivity contribution is 7.80. The molecule has 1 aliphatic heterocycles. The van der Waals surface area contributed by atoms with Gasteiger partial charge in [-0.25, -0.2) is 0 Å². The zero-order chi connectivity index (χ0) is 17.8. The van der Waals surface area contributed by atoms with E-state index in [-0.39, 0.29) is 28.1 Å². The number of hydrogen-bond acceptors (Lipinski definition) is 5. The van der Waals surface area contributed by atoms with Crippen LogP contribution in [0.3, 0.4) is 0 Å². The monoisotopic (exact) mass is 351 g/mol. The third kappa shape index (κ3) is 3.34. The van der Waals surface area contributed by atoms with Crippen LogP contribution in [0.25, 0.3) is 0 Å². The minimum Gasteiger partial charge on any atom is -0.459 e. The second kappa shape index (κ2) is 7.11. The number of allylic oxidation sites excluding steroid dienone is 1. The predicted octanol–water partition coefficient (Wildman–Crippen LogP) is 2.61. The van der Waals surface area contributed by atoms with E-state index in [0.717, 1.165) is 0 Å². The van der Waals surface area contributed by atoms with Gasteiger partial charge in [-0.1, -0.05) is 30.3 Å². The van der Waals surface area contributed by atoms with E-state index in [4.69, 9.17) is 16.6 Å². The number of hydrogen-bond donors (Lipinski definition) is 0. The number of thiocarbonyl (C=S) groups is 1. The summed E-state index contributed by atoms with van der Waals surface area (Å²) in [6, 6.07) is 13.6. The van der Waals surface area contributed by atoms with Crippen LogP contribution < -0.4 is 0 Å². The number of carbonyl (C=O) groups is 2. The Hall–Kier alpha value is -3.24. The van der Waals surface area contributed by atoms with Gasteiger partial charge in [0, 0.05) is 24.9 Å². The maximum atomic E-state index is 12.4. The van der Waals surface area contributed by atoms with Crippen molar-refractivity contribution in [1.82, 2.24) is 9.80 Å². The lowest BCUT2D eigenvalue weighted by molar-refractivity contribution is 0.0830. The zero-order valence-corrected chi connectivity index (χ0v) is 13.9. The Labute approximate surface area is 149 Å². The lowest BCUT2D eigenvalue weighted by Gasteiger charge is -2.17. The maximum Gasteiger partial charge on any atom is 0.295 e. The minimum absolute atomic E-state index is 0.0409. The Morgan fingerprint density at radius 3 is 2.56 bits per heavy atom. The molecular weight excluding hydrogens is 338 g/mol. The zero-order valence-electron chi connectivity index (χ0n) is 13.1. The molecule has 0 spiro atoms. The van der Waals surface area contributed by atoms with Gasteiger partial charge in [-0.3, -0.25) is 14.5 Å². The van der Waals surface area contributed by atoms with Gasteiger partial charge in [0.1, 0.15) is 11.6 Å². The smallest absolute Gasteiger partial charge is 0.295 e. The van der Waals surface area contributed by atoms with Gasteiger partial charge in [-0.15, -0.1) is 0 Å². The van der Waals surface area contributed by atoms with E-state index in [9.17, 15) is 14.9 Å². The Balaban J connectivity index is 1.79. The third-order valence-corrected chi connectivity index (χ3v) is 4.16. The summed E-state index contributed by atoms with van der Waals surface area (Å²) in [4.78, 5) is 27.7. The van der Waals surface area contributed by atoms with E-state index in [1.807, 2.05) is 6.07 Å². The number of benzene rings is 1. The molecule has 0 radical (unpaired) electrons. The number of nitriles is 1. The fourth-order valence-corrected chi connectivity index (χ4v) is 2.75. The molecule has 0 atom stereocenters. The number of nitrogens with zero attached hydrogens (tertiary/aromatic N) is 3. The van der Waals surface area contributed by atoms with Crippen molar-refractivity contribution in [2.75, 3.05) is 13.1 Å². The summed E-state index contributed by atoms with van der Waals surface area (Å²) in [6.45, 7) is 0.756. The third-order valence-electron chi connectivity index (χ3n) is 3.70. The molecule has 0 aliphatic carbocycles. The molecule has 0 unspecified atom stereocenters. The molecule has 0 saturated carbocycles. The summed E-state index contributed by atoms with van der Waals surface area (Å²) in [5.74, 6) is -0.547. The summed E-state index contributed by atoms with van der Waals surface area (Å²) >= 11 is 5.31. The van der Waals surface area contributed by atoms with Crippen molar-refractivity contribution in [3.63, 3.8) is 0 Å². The largest absolute Gasteiger partial charge is 0.459 e. The van der Waals surface area contributed by atoms with E-state index in [2.05, 4.69) is 0 Å². The molecule has 1 amide bonds. The van der Waals surface area contributed by atoms with Crippen molar-refractivity contribution in [1.29, 1.82) is 5.26 Å². The van der Waals surface area contributed by atoms with Crippen molar-refractivity contribution < 1.29 is 14.0 Å². The first kappa shape index (κ1) is 16.6. The van der Waals surface area contributed by atoms with Crippen LogP contribution in [-0.4, -0.2) is 39.7 Å². The molecule has 0 bridgehead atoms. The van der Waals surface area contributed by atoms with Gasteiger partial charge in [-0.2, -0.15) is 5.26 Å². The lowest BCUT2D eigenvalue weighted by atomic mass is 10.1. The predicted molar refractivity (Wildman–Crippen MR) is 93.5 cm³/mol. The number of furan rings is 1. The number of amides is 1. The first-order valence-electron chi connectivity index (χ1n) is 7.49. The van der Waals surface area contributed by atoms with Crippen molar-refractivity contribution in [3.8, 4) is 6.07 Å². The standard InChI is InChI=1S/C18H13N3O3S/c19-11-14(16(22)13-5-2-1-3-6-13)12-20-8-9-21(18(20)25)17(23)15-7-4-10-24-15/h1-7,10,12H,8-9H2/b14-12-. The van der Waals surface area contributed by atoms with Crippen LogP contribution in [0.15, 0.2) is 64.9 Å². The molecule has 124 valence electrons. The first-order chi connectivity index (χ1) is 12.1. The first-order valence-corrected chi connectivity index (χ1v) is 7.90. The van der Waals surface area contributed by atoms with E-state index >= 15 is 0 Å². The minimum atomic E-state index is -0.387. The van der Waals surface area contributed by atoms with Gasteiger partial charge in [0.2, 0.25) is 5.78 Å². The topological polar surface area (TPSA) is 77.6 Å². The number of ketones is 1. The van der Waals surface area contributed by atoms with Crippen LogP contribution in [0.5, 0.6) is 0 Å². The molecule has 25 heavy (non-hydrogen) atoms. The molecule has 7 heteroatoms. The molecule has 6 nitrogen and oxygen atoms in total. The molecule has 2 heterocycles. The quantitative estimate of drug-likeness (QED) is 0.365. The highest BCUT2D eigenvalue weighted by Gasteiger charge is 2.31. The van der Waals surface area contributed by atoms with E-state index < -0.39 is 0 Å².